The van der Waals surface area contributed by atoms with Gasteiger partial charge < -0.3 is 24.1 Å². The third-order valence-corrected chi connectivity index (χ3v) is 6.72. The molecular weight excluding hydrogens is 456 g/mol. The predicted molar refractivity (Wildman–Crippen MR) is 131 cm³/mol. The van der Waals surface area contributed by atoms with Crippen molar-refractivity contribution in [3.05, 3.63) is 46.8 Å². The summed E-state index contributed by atoms with van der Waals surface area (Å²) < 4.78 is 19.9. The Kier molecular flexibility index (Phi) is 5.82. The largest absolute Gasteiger partial charge is 0.497 e. The Morgan fingerprint density at radius 3 is 2.74 bits per heavy atom. The minimum atomic E-state index is -0.210. The number of nitrogens with one attached hydrogen (secondary N) is 1. The van der Waals surface area contributed by atoms with Crippen molar-refractivity contribution in [1.29, 1.82) is 0 Å². The van der Waals surface area contributed by atoms with Gasteiger partial charge in [0.05, 0.1) is 18.4 Å². The molecule has 0 aliphatic carbocycles. The van der Waals surface area contributed by atoms with Gasteiger partial charge in [-0.1, -0.05) is 11.8 Å². The molecule has 34 heavy (non-hydrogen) atoms. The summed E-state index contributed by atoms with van der Waals surface area (Å²) in [5, 5.41) is 4.20. The number of thioether (sulfide) groups is 1. The molecule has 0 atom stereocenters. The number of ether oxygens (including phenoxy) is 3. The van der Waals surface area contributed by atoms with Crippen molar-refractivity contribution in [2.75, 3.05) is 31.4 Å². The van der Waals surface area contributed by atoms with E-state index in [1.165, 1.54) is 11.8 Å². The molecule has 10 heteroatoms. The average molecular weight is 481 g/mol. The number of anilines is 1. The molecule has 0 radical (unpaired) electrons. The number of carbonyl (C=O) groups is 1. The molecule has 1 N–H and O–H groups in total. The van der Waals surface area contributed by atoms with E-state index >= 15 is 0 Å². The van der Waals surface area contributed by atoms with E-state index in [9.17, 15) is 9.59 Å². The van der Waals surface area contributed by atoms with Gasteiger partial charge in [-0.2, -0.15) is 0 Å². The van der Waals surface area contributed by atoms with Gasteiger partial charge in [0.2, 0.25) is 5.91 Å². The number of aromatic nitrogens is 3. The zero-order valence-electron chi connectivity index (χ0n) is 19.1. The van der Waals surface area contributed by atoms with Crippen LogP contribution in [-0.4, -0.2) is 46.1 Å². The van der Waals surface area contributed by atoms with E-state index in [-0.39, 0.29) is 17.2 Å². The van der Waals surface area contributed by atoms with Crippen LogP contribution >= 0.6 is 11.8 Å². The van der Waals surface area contributed by atoms with E-state index in [2.05, 4.69) is 5.32 Å². The van der Waals surface area contributed by atoms with Crippen molar-refractivity contribution in [3.8, 4) is 17.2 Å². The number of rotatable bonds is 6. The van der Waals surface area contributed by atoms with Gasteiger partial charge >= 0.3 is 0 Å². The molecule has 9 nitrogen and oxygen atoms in total. The molecular formula is C24H24N4O5S. The quantitative estimate of drug-likeness (QED) is 0.334. The van der Waals surface area contributed by atoms with Crippen LogP contribution in [0.4, 0.5) is 5.69 Å². The Labute approximate surface area is 199 Å². The van der Waals surface area contributed by atoms with Crippen molar-refractivity contribution in [2.24, 2.45) is 7.05 Å². The van der Waals surface area contributed by atoms with Crippen molar-refractivity contribution in [1.82, 2.24) is 14.1 Å². The summed E-state index contributed by atoms with van der Waals surface area (Å²) in [5.41, 5.74) is 2.49. The minimum Gasteiger partial charge on any atom is -0.497 e. The second-order valence-electron chi connectivity index (χ2n) is 7.78. The van der Waals surface area contributed by atoms with Gasteiger partial charge in [-0.15, -0.1) is 0 Å². The van der Waals surface area contributed by atoms with Gasteiger partial charge in [0.25, 0.3) is 5.56 Å². The maximum absolute atomic E-state index is 13.3. The second kappa shape index (κ2) is 8.94. The zero-order valence-corrected chi connectivity index (χ0v) is 19.9. The van der Waals surface area contributed by atoms with Crippen LogP contribution in [0, 0.1) is 0 Å². The standard InChI is InChI=1S/C24H24N4O5S/c1-4-28-23(30)22-21(16-12-15(31-3)6-7-17(16)27(22)2)26-24(28)34-13-20(29)25-14-5-8-18-19(11-14)33-10-9-32-18/h5-8,11-12H,4,9-10,13H2,1-3H3,(H,25,29). The normalized spacial score (nSPS) is 12.8. The van der Waals surface area contributed by atoms with Crippen LogP contribution in [0.1, 0.15) is 6.92 Å². The van der Waals surface area contributed by atoms with Gasteiger partial charge in [-0.05, 0) is 37.3 Å². The number of hydrogen-bond acceptors (Lipinski definition) is 7. The average Bonchev–Trinajstić information content (AvgIpc) is 3.14. The highest BCUT2D eigenvalue weighted by atomic mass is 32.2. The lowest BCUT2D eigenvalue weighted by Gasteiger charge is -2.19. The number of hydrogen-bond donors (Lipinski definition) is 1. The molecule has 0 unspecified atom stereocenters. The molecule has 1 aliphatic heterocycles. The van der Waals surface area contributed by atoms with Gasteiger partial charge in [0.15, 0.2) is 16.7 Å². The Morgan fingerprint density at radius 1 is 1.18 bits per heavy atom. The number of methoxy groups -OCH3 is 1. The number of fused-ring (bicyclic) bond motifs is 4. The van der Waals surface area contributed by atoms with Crippen molar-refractivity contribution >= 4 is 45.3 Å². The molecule has 0 fully saturated rings. The molecule has 176 valence electrons. The van der Waals surface area contributed by atoms with Crippen molar-refractivity contribution < 1.29 is 19.0 Å². The fraction of sp³-hybridized carbons (Fsp3) is 0.292. The van der Waals surface area contributed by atoms with Gasteiger partial charge in [-0.3, -0.25) is 14.2 Å². The van der Waals surface area contributed by atoms with Gasteiger partial charge in [0.1, 0.15) is 30.0 Å². The minimum absolute atomic E-state index is 0.0977. The first kappa shape index (κ1) is 22.1. The van der Waals surface area contributed by atoms with E-state index in [0.29, 0.717) is 58.9 Å². The SMILES string of the molecule is CCn1c(SCC(=O)Nc2ccc3c(c2)OCCO3)nc2c3cc(OC)ccc3n(C)c2c1=O. The molecule has 2 aromatic heterocycles. The molecule has 5 rings (SSSR count). The molecule has 1 aliphatic rings. The summed E-state index contributed by atoms with van der Waals surface area (Å²) in [5.74, 6) is 1.85. The number of benzene rings is 2. The Bertz CT molecular complexity index is 1480. The third kappa shape index (κ3) is 3.83. The van der Waals surface area contributed by atoms with Crippen LogP contribution < -0.4 is 25.1 Å². The van der Waals surface area contributed by atoms with Crippen LogP contribution in [0.5, 0.6) is 17.2 Å². The number of carbonyl (C=O) groups excluding carboxylic acids is 1. The lowest BCUT2D eigenvalue weighted by atomic mass is 10.2. The Balaban J connectivity index is 1.43. The van der Waals surface area contributed by atoms with E-state index < -0.39 is 0 Å². The highest BCUT2D eigenvalue weighted by Gasteiger charge is 2.19. The zero-order chi connectivity index (χ0) is 23.8. The van der Waals surface area contributed by atoms with Crippen LogP contribution in [-0.2, 0) is 18.4 Å². The maximum Gasteiger partial charge on any atom is 0.278 e. The molecule has 0 saturated heterocycles. The maximum atomic E-state index is 13.3. The van der Waals surface area contributed by atoms with Crippen LogP contribution in [0.3, 0.4) is 0 Å². The molecule has 0 spiro atoms. The molecule has 3 heterocycles. The monoisotopic (exact) mass is 480 g/mol. The van der Waals surface area contributed by atoms with Crippen molar-refractivity contribution in [2.45, 2.75) is 18.6 Å². The lowest BCUT2D eigenvalue weighted by Crippen LogP contribution is -2.24. The van der Waals surface area contributed by atoms with E-state index in [0.717, 1.165) is 10.9 Å². The highest BCUT2D eigenvalue weighted by Crippen LogP contribution is 2.33. The summed E-state index contributed by atoms with van der Waals surface area (Å²) >= 11 is 1.23. The van der Waals surface area contributed by atoms with Crippen LogP contribution in [0.25, 0.3) is 21.9 Å². The summed E-state index contributed by atoms with van der Waals surface area (Å²) in [6.07, 6.45) is 0. The van der Waals surface area contributed by atoms with Gasteiger partial charge in [-0.25, -0.2) is 4.98 Å². The summed E-state index contributed by atoms with van der Waals surface area (Å²) in [6.45, 7) is 3.32. The Hall–Kier alpha value is -3.66. The highest BCUT2D eigenvalue weighted by molar-refractivity contribution is 7.99. The fourth-order valence-electron chi connectivity index (χ4n) is 4.10. The molecule has 0 saturated carbocycles. The third-order valence-electron chi connectivity index (χ3n) is 5.74. The topological polar surface area (TPSA) is 96.6 Å². The smallest absolute Gasteiger partial charge is 0.278 e. The first-order valence-corrected chi connectivity index (χ1v) is 11.9. The molecule has 1 amide bonds. The van der Waals surface area contributed by atoms with E-state index in [1.54, 1.807) is 29.9 Å². The number of nitrogens with zero attached hydrogens (tertiary/aromatic N) is 3. The summed E-state index contributed by atoms with van der Waals surface area (Å²) in [6, 6.07) is 10.9. The van der Waals surface area contributed by atoms with Crippen LogP contribution in [0.2, 0.25) is 0 Å². The predicted octanol–water partition coefficient (Wildman–Crippen LogP) is 3.42. The van der Waals surface area contributed by atoms with E-state index in [4.69, 9.17) is 19.2 Å². The summed E-state index contributed by atoms with van der Waals surface area (Å²) in [4.78, 5) is 30.8. The fourth-order valence-corrected chi connectivity index (χ4v) is 4.95. The van der Waals surface area contributed by atoms with Crippen molar-refractivity contribution in [3.63, 3.8) is 0 Å². The molecule has 0 bridgehead atoms. The lowest BCUT2D eigenvalue weighted by molar-refractivity contribution is -0.113. The first-order chi connectivity index (χ1) is 16.5. The second-order valence-corrected chi connectivity index (χ2v) is 8.72. The Morgan fingerprint density at radius 2 is 1.97 bits per heavy atom. The number of amides is 1. The first-order valence-electron chi connectivity index (χ1n) is 10.9. The molecule has 4 aromatic rings. The van der Waals surface area contributed by atoms with Crippen LogP contribution in [0.15, 0.2) is 46.3 Å². The van der Waals surface area contributed by atoms with Gasteiger partial charge in [0, 0.05) is 30.7 Å². The number of aryl methyl sites for hydroxylation is 1. The summed E-state index contributed by atoms with van der Waals surface area (Å²) in [7, 11) is 3.46. The molecule has 2 aromatic carbocycles. The van der Waals surface area contributed by atoms with E-state index in [1.807, 2.05) is 36.7 Å².